The van der Waals surface area contributed by atoms with Crippen molar-refractivity contribution in [2.45, 2.75) is 24.6 Å². The molecule has 1 aromatic carbocycles. The summed E-state index contributed by atoms with van der Waals surface area (Å²) < 4.78 is 30.1. The van der Waals surface area contributed by atoms with E-state index in [2.05, 4.69) is 10.2 Å². The van der Waals surface area contributed by atoms with Crippen LogP contribution in [0, 0.1) is 0 Å². The van der Waals surface area contributed by atoms with Crippen LogP contribution in [0.25, 0.3) is 20.9 Å². The molecule has 1 amide bonds. The van der Waals surface area contributed by atoms with Gasteiger partial charge in [-0.2, -0.15) is 0 Å². The SMILES string of the molecule is CCN(C(=O)CSc1nnc(-c2sc3ccccc3c2Cl)o1)C1CCS(=O)(=O)C1. The Kier molecular flexibility index (Phi) is 5.87. The number of benzene rings is 1. The van der Waals surface area contributed by atoms with E-state index in [-0.39, 0.29) is 34.4 Å². The highest BCUT2D eigenvalue weighted by Crippen LogP contribution is 2.41. The predicted octanol–water partition coefficient (Wildman–Crippen LogP) is 3.73. The molecule has 1 unspecified atom stereocenters. The number of carbonyl (C=O) groups excluding carboxylic acids is 1. The zero-order valence-electron chi connectivity index (χ0n) is 15.5. The Morgan fingerprint density at radius 1 is 1.38 bits per heavy atom. The molecule has 1 fully saturated rings. The van der Waals surface area contributed by atoms with Crippen LogP contribution in [-0.4, -0.2) is 59.3 Å². The topological polar surface area (TPSA) is 93.4 Å². The Hall–Kier alpha value is -1.62. The fraction of sp³-hybridized carbons (Fsp3) is 0.389. The van der Waals surface area contributed by atoms with Crippen LogP contribution in [0.1, 0.15) is 13.3 Å². The van der Waals surface area contributed by atoms with Crippen LogP contribution < -0.4 is 0 Å². The molecule has 0 aliphatic carbocycles. The van der Waals surface area contributed by atoms with Crippen molar-refractivity contribution in [1.29, 1.82) is 0 Å². The molecule has 1 aliphatic heterocycles. The minimum absolute atomic E-state index is 0.0341. The van der Waals surface area contributed by atoms with Gasteiger partial charge in [-0.3, -0.25) is 4.79 Å². The fourth-order valence-corrected chi connectivity index (χ4v) is 7.19. The molecule has 2 aromatic heterocycles. The number of carbonyl (C=O) groups is 1. The van der Waals surface area contributed by atoms with Gasteiger partial charge in [-0.25, -0.2) is 8.42 Å². The van der Waals surface area contributed by atoms with E-state index in [9.17, 15) is 13.2 Å². The number of halogens is 1. The summed E-state index contributed by atoms with van der Waals surface area (Å²) in [6.45, 7) is 2.31. The van der Waals surface area contributed by atoms with Gasteiger partial charge in [0.05, 0.1) is 22.3 Å². The zero-order chi connectivity index (χ0) is 20.6. The number of thioether (sulfide) groups is 1. The van der Waals surface area contributed by atoms with Gasteiger partial charge in [0.15, 0.2) is 9.84 Å². The Bertz CT molecular complexity index is 1160. The average molecular weight is 472 g/mol. The monoisotopic (exact) mass is 471 g/mol. The first-order valence-electron chi connectivity index (χ1n) is 9.01. The van der Waals surface area contributed by atoms with Crippen LogP contribution >= 0.6 is 34.7 Å². The van der Waals surface area contributed by atoms with Gasteiger partial charge in [0.1, 0.15) is 4.88 Å². The molecule has 11 heteroatoms. The Morgan fingerprint density at radius 2 is 2.17 bits per heavy atom. The molecule has 0 N–H and O–H groups in total. The van der Waals surface area contributed by atoms with Crippen LogP contribution in [0.5, 0.6) is 0 Å². The van der Waals surface area contributed by atoms with E-state index in [0.29, 0.717) is 28.8 Å². The number of nitrogens with zero attached hydrogens (tertiary/aromatic N) is 3. The predicted molar refractivity (Wildman–Crippen MR) is 115 cm³/mol. The van der Waals surface area contributed by atoms with Crippen molar-refractivity contribution in [3.63, 3.8) is 0 Å². The van der Waals surface area contributed by atoms with Gasteiger partial charge >= 0.3 is 0 Å². The normalized spacial score (nSPS) is 18.3. The number of thiophene rings is 1. The number of fused-ring (bicyclic) bond motifs is 1. The molecule has 3 heterocycles. The summed E-state index contributed by atoms with van der Waals surface area (Å²) in [6.07, 6.45) is 0.488. The van der Waals surface area contributed by atoms with Gasteiger partial charge < -0.3 is 9.32 Å². The third-order valence-electron chi connectivity index (χ3n) is 4.76. The Balaban J connectivity index is 1.44. The van der Waals surface area contributed by atoms with E-state index in [1.807, 2.05) is 31.2 Å². The molecule has 1 atom stereocenters. The standard InChI is InChI=1S/C18H18ClN3O4S3/c1-2-22(11-7-8-29(24,25)10-11)14(23)9-27-18-21-20-17(26-18)16-15(19)12-5-3-4-6-13(12)28-16/h3-6,11H,2,7-10H2,1H3. The van der Waals surface area contributed by atoms with Gasteiger partial charge in [0.25, 0.3) is 11.1 Å². The Labute approximate surface area is 181 Å². The molecule has 4 rings (SSSR count). The van der Waals surface area contributed by atoms with Crippen molar-refractivity contribution in [3.8, 4) is 10.8 Å². The van der Waals surface area contributed by atoms with Crippen LogP contribution in [0.15, 0.2) is 33.9 Å². The smallest absolute Gasteiger partial charge is 0.277 e. The number of amides is 1. The summed E-state index contributed by atoms with van der Waals surface area (Å²) in [5.74, 6) is 0.454. The molecule has 1 aliphatic rings. The largest absolute Gasteiger partial charge is 0.410 e. The molecule has 154 valence electrons. The summed E-state index contributed by atoms with van der Waals surface area (Å²) in [5.41, 5.74) is 0. The molecule has 0 radical (unpaired) electrons. The van der Waals surface area contributed by atoms with Gasteiger partial charge in [-0.05, 0) is 19.4 Å². The van der Waals surface area contributed by atoms with Gasteiger partial charge in [0, 0.05) is 22.7 Å². The summed E-state index contributed by atoms with van der Waals surface area (Å²) in [7, 11) is -3.05. The van der Waals surface area contributed by atoms with Crippen molar-refractivity contribution in [2.24, 2.45) is 0 Å². The second-order valence-corrected chi connectivity index (χ2v) is 11.2. The van der Waals surface area contributed by atoms with Crippen molar-refractivity contribution in [2.75, 3.05) is 23.8 Å². The van der Waals surface area contributed by atoms with Crippen LogP contribution in [0.2, 0.25) is 5.02 Å². The van der Waals surface area contributed by atoms with Crippen LogP contribution in [0.3, 0.4) is 0 Å². The number of sulfone groups is 1. The highest BCUT2D eigenvalue weighted by molar-refractivity contribution is 7.99. The molecule has 0 bridgehead atoms. The number of hydrogen-bond acceptors (Lipinski definition) is 8. The summed E-state index contributed by atoms with van der Waals surface area (Å²) in [6, 6.07) is 7.51. The molecule has 0 saturated carbocycles. The van der Waals surface area contributed by atoms with Crippen molar-refractivity contribution in [1.82, 2.24) is 15.1 Å². The van der Waals surface area contributed by atoms with Crippen molar-refractivity contribution < 1.29 is 17.6 Å². The molecule has 3 aromatic rings. The first-order valence-corrected chi connectivity index (χ1v) is 13.0. The minimum atomic E-state index is -3.05. The summed E-state index contributed by atoms with van der Waals surface area (Å²) >= 11 is 9.06. The van der Waals surface area contributed by atoms with E-state index >= 15 is 0 Å². The molecular formula is C18H18ClN3O4S3. The second-order valence-electron chi connectivity index (χ2n) is 6.64. The van der Waals surface area contributed by atoms with E-state index < -0.39 is 9.84 Å². The molecule has 7 nitrogen and oxygen atoms in total. The van der Waals surface area contributed by atoms with E-state index in [4.69, 9.17) is 16.0 Å². The van der Waals surface area contributed by atoms with Crippen molar-refractivity contribution in [3.05, 3.63) is 29.3 Å². The summed E-state index contributed by atoms with van der Waals surface area (Å²) in [5, 5.41) is 9.85. The number of hydrogen-bond donors (Lipinski definition) is 0. The molecule has 1 saturated heterocycles. The number of aromatic nitrogens is 2. The maximum Gasteiger partial charge on any atom is 0.277 e. The summed E-state index contributed by atoms with van der Waals surface area (Å²) in [4.78, 5) is 14.9. The van der Waals surface area contributed by atoms with E-state index in [1.165, 1.54) is 11.3 Å². The lowest BCUT2D eigenvalue weighted by molar-refractivity contribution is -0.129. The lowest BCUT2D eigenvalue weighted by atomic mass is 10.2. The van der Waals surface area contributed by atoms with Crippen molar-refractivity contribution >= 4 is 60.5 Å². The van der Waals surface area contributed by atoms with E-state index in [0.717, 1.165) is 21.8 Å². The van der Waals surface area contributed by atoms with Crippen LogP contribution in [-0.2, 0) is 14.6 Å². The maximum absolute atomic E-state index is 12.6. The average Bonchev–Trinajstić information content (AvgIpc) is 3.39. The van der Waals surface area contributed by atoms with Crippen LogP contribution in [0.4, 0.5) is 0 Å². The van der Waals surface area contributed by atoms with Gasteiger partial charge in [0.2, 0.25) is 5.91 Å². The third kappa shape index (κ3) is 4.30. The van der Waals surface area contributed by atoms with Gasteiger partial charge in [-0.1, -0.05) is 41.6 Å². The zero-order valence-corrected chi connectivity index (χ0v) is 18.7. The first kappa shape index (κ1) is 20.6. The minimum Gasteiger partial charge on any atom is -0.410 e. The maximum atomic E-state index is 12.6. The quantitative estimate of drug-likeness (QED) is 0.505. The lowest BCUT2D eigenvalue weighted by Gasteiger charge is -2.26. The molecule has 0 spiro atoms. The third-order valence-corrected chi connectivity index (χ3v) is 8.98. The second kappa shape index (κ2) is 8.25. The highest BCUT2D eigenvalue weighted by Gasteiger charge is 2.34. The Morgan fingerprint density at radius 3 is 2.86 bits per heavy atom. The molecule has 29 heavy (non-hydrogen) atoms. The fourth-order valence-electron chi connectivity index (χ4n) is 3.38. The lowest BCUT2D eigenvalue weighted by Crippen LogP contribution is -2.41. The first-order chi connectivity index (χ1) is 13.9. The highest BCUT2D eigenvalue weighted by atomic mass is 35.5. The van der Waals surface area contributed by atoms with E-state index in [1.54, 1.807) is 4.90 Å². The molecular weight excluding hydrogens is 454 g/mol. The number of rotatable bonds is 6. The van der Waals surface area contributed by atoms with Gasteiger partial charge in [-0.15, -0.1) is 21.5 Å².